The molecule has 2 heteroatoms. The molecular formula is C6H9NO. The molecule has 1 amide bonds. The monoisotopic (exact) mass is 111 g/mol. The van der Waals surface area contributed by atoms with E-state index in [1.807, 2.05) is 0 Å². The van der Waals surface area contributed by atoms with Gasteiger partial charge in [-0.3, -0.25) is 4.79 Å². The Hall–Kier alpha value is -0.530. The van der Waals surface area contributed by atoms with Crippen LogP contribution in [0.3, 0.4) is 0 Å². The van der Waals surface area contributed by atoms with Gasteiger partial charge in [-0.1, -0.05) is 0 Å². The first kappa shape index (κ1) is 4.36. The van der Waals surface area contributed by atoms with Gasteiger partial charge in [0.1, 0.15) is 0 Å². The minimum Gasteiger partial charge on any atom is -0.353 e. The number of carbonyl (C=O) groups excluding carboxylic acids is 1. The zero-order valence-corrected chi connectivity index (χ0v) is 4.68. The molecule has 0 aromatic heterocycles. The van der Waals surface area contributed by atoms with Crippen molar-refractivity contribution in [1.29, 1.82) is 0 Å². The van der Waals surface area contributed by atoms with Crippen LogP contribution in [0.4, 0.5) is 0 Å². The van der Waals surface area contributed by atoms with Crippen molar-refractivity contribution in [2.75, 3.05) is 0 Å². The fraction of sp³-hybridized carbons (Fsp3) is 0.833. The average Bonchev–Trinajstić information content (AvgIpc) is 2.23. The van der Waals surface area contributed by atoms with E-state index in [1.54, 1.807) is 0 Å². The van der Waals surface area contributed by atoms with E-state index in [1.165, 1.54) is 6.42 Å². The number of carbonyl (C=O) groups is 1. The maximum absolute atomic E-state index is 10.7. The quantitative estimate of drug-likeness (QED) is 0.478. The van der Waals surface area contributed by atoms with Crippen molar-refractivity contribution < 1.29 is 4.79 Å². The first-order valence-electron chi connectivity index (χ1n) is 3.16. The summed E-state index contributed by atoms with van der Waals surface area (Å²) in [6, 6.07) is 0.549. The third kappa shape index (κ3) is 0.403. The Bertz CT molecular complexity index is 132. The molecule has 1 heterocycles. The van der Waals surface area contributed by atoms with Gasteiger partial charge in [0.25, 0.3) is 0 Å². The van der Waals surface area contributed by atoms with E-state index in [0.29, 0.717) is 17.9 Å². The molecule has 0 aromatic carbocycles. The van der Waals surface area contributed by atoms with Crippen LogP contribution in [0, 0.1) is 5.92 Å². The summed E-state index contributed by atoms with van der Waals surface area (Å²) in [6.07, 6.45) is 3.46. The van der Waals surface area contributed by atoms with Gasteiger partial charge in [-0.2, -0.15) is 0 Å². The maximum Gasteiger partial charge on any atom is 0.223 e. The molecule has 1 saturated heterocycles. The highest BCUT2D eigenvalue weighted by molar-refractivity contribution is 5.82. The third-order valence-corrected chi connectivity index (χ3v) is 2.15. The Labute approximate surface area is 48.3 Å². The molecule has 0 radical (unpaired) electrons. The van der Waals surface area contributed by atoms with Crippen LogP contribution in [0.15, 0.2) is 0 Å². The molecule has 2 rings (SSSR count). The van der Waals surface area contributed by atoms with Crippen LogP contribution < -0.4 is 5.32 Å². The fourth-order valence-corrected chi connectivity index (χ4v) is 1.67. The molecule has 2 bridgehead atoms. The van der Waals surface area contributed by atoms with Gasteiger partial charge in [0.15, 0.2) is 0 Å². The lowest BCUT2D eigenvalue weighted by molar-refractivity contribution is -0.123. The van der Waals surface area contributed by atoms with Gasteiger partial charge >= 0.3 is 0 Å². The molecule has 0 unspecified atom stereocenters. The highest BCUT2D eigenvalue weighted by Gasteiger charge is 2.37. The molecule has 1 aliphatic heterocycles. The molecule has 1 aliphatic carbocycles. The lowest BCUT2D eigenvalue weighted by Crippen LogP contribution is -2.30. The van der Waals surface area contributed by atoms with Crippen molar-refractivity contribution in [3.8, 4) is 0 Å². The number of hydrogen-bond acceptors (Lipinski definition) is 1. The van der Waals surface area contributed by atoms with Crippen molar-refractivity contribution in [2.45, 2.75) is 25.3 Å². The highest BCUT2D eigenvalue weighted by Crippen LogP contribution is 2.31. The van der Waals surface area contributed by atoms with E-state index in [-0.39, 0.29) is 0 Å². The highest BCUT2D eigenvalue weighted by atomic mass is 16.2. The zero-order chi connectivity index (χ0) is 5.56. The second kappa shape index (κ2) is 1.24. The molecule has 0 spiro atoms. The summed E-state index contributed by atoms with van der Waals surface area (Å²) in [6.45, 7) is 0. The second-order valence-corrected chi connectivity index (χ2v) is 2.72. The molecule has 2 aliphatic rings. The minimum absolute atomic E-state index is 0.293. The number of rotatable bonds is 0. The molecule has 2 atom stereocenters. The predicted octanol–water partition coefficient (Wildman–Crippen LogP) is 0.285. The average molecular weight is 111 g/mol. The minimum atomic E-state index is 0.293. The smallest absolute Gasteiger partial charge is 0.223 e. The summed E-state index contributed by atoms with van der Waals surface area (Å²) in [7, 11) is 0. The summed E-state index contributed by atoms with van der Waals surface area (Å²) in [5.74, 6) is 0.682. The predicted molar refractivity (Wildman–Crippen MR) is 29.3 cm³/mol. The van der Waals surface area contributed by atoms with Crippen LogP contribution in [0.1, 0.15) is 19.3 Å². The van der Waals surface area contributed by atoms with E-state index in [0.717, 1.165) is 12.8 Å². The van der Waals surface area contributed by atoms with Gasteiger partial charge < -0.3 is 5.32 Å². The summed E-state index contributed by atoms with van der Waals surface area (Å²) >= 11 is 0. The van der Waals surface area contributed by atoms with Crippen molar-refractivity contribution in [3.63, 3.8) is 0 Å². The molecule has 1 N–H and O–H groups in total. The number of piperidine rings is 1. The lowest BCUT2D eigenvalue weighted by Gasteiger charge is -2.08. The van der Waals surface area contributed by atoms with Crippen LogP contribution >= 0.6 is 0 Å². The normalized spacial score (nSPS) is 42.8. The number of fused-ring (bicyclic) bond motifs is 2. The van der Waals surface area contributed by atoms with Gasteiger partial charge in [0, 0.05) is 12.0 Å². The Balaban J connectivity index is 2.22. The Morgan fingerprint density at radius 2 is 2.38 bits per heavy atom. The van der Waals surface area contributed by atoms with Gasteiger partial charge in [0.05, 0.1) is 0 Å². The van der Waals surface area contributed by atoms with E-state index < -0.39 is 0 Å². The summed E-state index contributed by atoms with van der Waals surface area (Å²) in [4.78, 5) is 10.7. The molecule has 2 fully saturated rings. The van der Waals surface area contributed by atoms with Crippen LogP contribution in [-0.4, -0.2) is 11.9 Å². The Morgan fingerprint density at radius 1 is 1.50 bits per heavy atom. The van der Waals surface area contributed by atoms with Gasteiger partial charge in [-0.15, -0.1) is 0 Å². The molecule has 0 aromatic rings. The third-order valence-electron chi connectivity index (χ3n) is 2.15. The Kier molecular flexibility index (Phi) is 0.678. The van der Waals surface area contributed by atoms with E-state index >= 15 is 0 Å². The molecule has 8 heavy (non-hydrogen) atoms. The van der Waals surface area contributed by atoms with Gasteiger partial charge in [-0.25, -0.2) is 0 Å². The van der Waals surface area contributed by atoms with E-state index in [4.69, 9.17) is 0 Å². The fourth-order valence-electron chi connectivity index (χ4n) is 1.67. The van der Waals surface area contributed by atoms with Gasteiger partial charge in [-0.05, 0) is 19.3 Å². The summed E-state index contributed by atoms with van der Waals surface area (Å²) < 4.78 is 0. The maximum atomic E-state index is 10.7. The first-order valence-corrected chi connectivity index (χ1v) is 3.16. The lowest BCUT2D eigenvalue weighted by atomic mass is 10.1. The summed E-state index contributed by atoms with van der Waals surface area (Å²) in [5, 5.41) is 2.91. The number of hydrogen-bond donors (Lipinski definition) is 1. The largest absolute Gasteiger partial charge is 0.353 e. The van der Waals surface area contributed by atoms with Crippen molar-refractivity contribution in [2.24, 2.45) is 5.92 Å². The van der Waals surface area contributed by atoms with Crippen LogP contribution in [-0.2, 0) is 4.79 Å². The molecular weight excluding hydrogens is 102 g/mol. The summed E-state index contributed by atoms with van der Waals surface area (Å²) in [5.41, 5.74) is 0. The molecule has 1 saturated carbocycles. The molecule has 2 nitrogen and oxygen atoms in total. The van der Waals surface area contributed by atoms with Crippen molar-refractivity contribution in [3.05, 3.63) is 0 Å². The van der Waals surface area contributed by atoms with Gasteiger partial charge in [0.2, 0.25) is 5.91 Å². The standard InChI is InChI=1S/C6H9NO/c8-6-4-1-2-5(3-4)7-6/h4-5H,1-3H2,(H,7,8)/t4-,5-/m0/s1. The van der Waals surface area contributed by atoms with E-state index in [2.05, 4.69) is 5.32 Å². The zero-order valence-electron chi connectivity index (χ0n) is 4.68. The SMILES string of the molecule is O=C1N[C@H]2CC[C@H]1C2. The topological polar surface area (TPSA) is 29.1 Å². The van der Waals surface area contributed by atoms with Crippen LogP contribution in [0.5, 0.6) is 0 Å². The molecule has 44 valence electrons. The van der Waals surface area contributed by atoms with Crippen LogP contribution in [0.25, 0.3) is 0 Å². The van der Waals surface area contributed by atoms with Crippen molar-refractivity contribution in [1.82, 2.24) is 5.32 Å². The second-order valence-electron chi connectivity index (χ2n) is 2.72. The number of amides is 1. The van der Waals surface area contributed by atoms with E-state index in [9.17, 15) is 4.79 Å². The number of nitrogens with one attached hydrogen (secondary N) is 1. The Morgan fingerprint density at radius 3 is 2.62 bits per heavy atom. The van der Waals surface area contributed by atoms with Crippen LogP contribution in [0.2, 0.25) is 0 Å². The first-order chi connectivity index (χ1) is 3.86. The van der Waals surface area contributed by atoms with Crippen molar-refractivity contribution >= 4 is 5.91 Å².